The van der Waals surface area contributed by atoms with Gasteiger partial charge >= 0.3 is 216 Å². The summed E-state index contributed by atoms with van der Waals surface area (Å²) in [5.41, 5.74) is -4.87. The number of aliphatic hydroxyl groups excluding tert-OH is 1. The second-order valence-corrected chi connectivity index (χ2v) is 16.4. The summed E-state index contributed by atoms with van der Waals surface area (Å²) >= 11 is 1.41. The van der Waals surface area contributed by atoms with E-state index >= 15 is 4.79 Å². The average molecular weight is 774 g/mol. The maximum absolute atomic E-state index is 15.6. The van der Waals surface area contributed by atoms with E-state index in [0.29, 0.717) is 18.3 Å². The zero-order valence-corrected chi connectivity index (χ0v) is 32.9. The minimum atomic E-state index is -1.82. The number of rotatable bonds is 14. The predicted molar refractivity (Wildman–Crippen MR) is 195 cm³/mol. The van der Waals surface area contributed by atoms with Crippen LogP contribution in [0.5, 0.6) is 0 Å². The Hall–Kier alpha value is -2.99. The van der Waals surface area contributed by atoms with E-state index < -0.39 is 101 Å². The van der Waals surface area contributed by atoms with Crippen LogP contribution in [-0.2, 0) is 52.3 Å². The molecule has 5 rings (SSSR count). The van der Waals surface area contributed by atoms with Crippen LogP contribution in [0.15, 0.2) is 41.5 Å². The Labute approximate surface area is 320 Å². The van der Waals surface area contributed by atoms with E-state index in [1.165, 1.54) is 25.8 Å². The number of hydrogen-bond donors (Lipinski definition) is 3. The normalized spacial score (nSPS) is 35.1. The fraction of sp³-hybridized carbons (Fsp3) is 0.684. The van der Waals surface area contributed by atoms with Gasteiger partial charge in [0.05, 0.1) is 18.6 Å². The number of nitrogens with one attached hydrogen (secondary N) is 1. The Morgan fingerprint density at radius 3 is 2.41 bits per heavy atom. The molecule has 2 bridgehead atoms. The van der Waals surface area contributed by atoms with Crippen molar-refractivity contribution >= 4 is 42.6 Å². The summed E-state index contributed by atoms with van der Waals surface area (Å²) in [6.45, 7) is 9.40. The molecule has 3 N–H and O–H groups in total. The van der Waals surface area contributed by atoms with Gasteiger partial charge in [-0.15, -0.1) is 11.8 Å². The van der Waals surface area contributed by atoms with E-state index in [9.17, 15) is 29.3 Å². The van der Waals surface area contributed by atoms with Crippen LogP contribution in [0.1, 0.15) is 66.0 Å². The molecule has 1 aromatic carbocycles. The van der Waals surface area contributed by atoms with Gasteiger partial charge in [0.25, 0.3) is 0 Å². The van der Waals surface area contributed by atoms with E-state index in [-0.39, 0.29) is 37.4 Å². The summed E-state index contributed by atoms with van der Waals surface area (Å²) in [7, 11) is 1.92. The number of hydrogen-bond acceptors (Lipinski definition) is 15. The van der Waals surface area contributed by atoms with Crippen molar-refractivity contribution in [2.24, 2.45) is 22.7 Å². The van der Waals surface area contributed by atoms with Gasteiger partial charge in [0, 0.05) is 20.5 Å². The molecule has 2 saturated carbocycles. The van der Waals surface area contributed by atoms with Gasteiger partial charge < -0.3 is 18.9 Å². The average Bonchev–Trinajstić information content (AvgIpc) is 3.11. The number of aliphatic hydroxyl groups is 2. The van der Waals surface area contributed by atoms with Crippen molar-refractivity contribution in [1.29, 1.82) is 0 Å². The first kappa shape index (κ1) is 42.2. The number of benzene rings is 1. The number of Topliss-reactive ketones (excluding diaryl/α,β-unsaturated/α-hetero) is 1. The molecule has 296 valence electrons. The Kier molecular flexibility index (Phi) is 12.7. The van der Waals surface area contributed by atoms with E-state index in [2.05, 4.69) is 5.32 Å². The summed E-state index contributed by atoms with van der Waals surface area (Å²) in [4.78, 5) is 55.6. The molecule has 0 amide bonds. The summed E-state index contributed by atoms with van der Waals surface area (Å²) in [5.74, 6) is -4.60. The van der Waals surface area contributed by atoms with Crippen molar-refractivity contribution < 1.29 is 62.5 Å². The number of ether oxygens (including phenoxy) is 6. The number of esters is 3. The first-order valence-electron chi connectivity index (χ1n) is 18.1. The van der Waals surface area contributed by atoms with Gasteiger partial charge in [-0.3, -0.25) is 4.79 Å². The molecule has 0 radical (unpaired) electrons. The van der Waals surface area contributed by atoms with Crippen LogP contribution in [0, 0.1) is 22.7 Å². The summed E-state index contributed by atoms with van der Waals surface area (Å²) in [5, 5.41) is 27.6. The van der Waals surface area contributed by atoms with Gasteiger partial charge in [0.15, 0.2) is 0 Å². The fourth-order valence-electron chi connectivity index (χ4n) is 9.83. The van der Waals surface area contributed by atoms with E-state index in [1.807, 2.05) is 6.26 Å². The van der Waals surface area contributed by atoms with Crippen LogP contribution < -0.4 is 5.32 Å². The Bertz CT molecular complexity index is 1640. The van der Waals surface area contributed by atoms with E-state index in [1.54, 1.807) is 65.0 Å². The zero-order valence-electron chi connectivity index (χ0n) is 32.1. The van der Waals surface area contributed by atoms with Crippen LogP contribution >= 0.6 is 11.8 Å². The number of ketones is 1. The predicted octanol–water partition coefficient (Wildman–Crippen LogP) is 2.28. The molecule has 0 spiro atoms. The van der Waals surface area contributed by atoms with Crippen molar-refractivity contribution in [3.63, 3.8) is 0 Å². The van der Waals surface area contributed by atoms with Crippen molar-refractivity contribution in [2.45, 2.75) is 102 Å². The van der Waals surface area contributed by atoms with Gasteiger partial charge in [-0.1, -0.05) is 0 Å². The molecule has 14 nitrogen and oxygen atoms in total. The van der Waals surface area contributed by atoms with Gasteiger partial charge in [0.1, 0.15) is 12.7 Å². The molecule has 1 aromatic rings. The molecule has 0 aromatic heterocycles. The molecule has 11 atom stereocenters. The molecule has 54 heavy (non-hydrogen) atoms. The molecule has 3 fully saturated rings. The van der Waals surface area contributed by atoms with E-state index in [4.69, 9.17) is 28.4 Å². The Morgan fingerprint density at radius 2 is 1.83 bits per heavy atom. The van der Waals surface area contributed by atoms with Crippen LogP contribution in [0.3, 0.4) is 0 Å². The number of carbonyl (C=O) groups is 4. The molecule has 9 unspecified atom stereocenters. The second-order valence-electron chi connectivity index (χ2n) is 15.5. The zero-order chi connectivity index (χ0) is 39.8. The number of thioether (sulfide) groups is 1. The van der Waals surface area contributed by atoms with Crippen molar-refractivity contribution in [1.82, 2.24) is 5.32 Å². The fourth-order valence-corrected chi connectivity index (χ4v) is 10.1. The van der Waals surface area contributed by atoms with Crippen LogP contribution in [0.25, 0.3) is 0 Å². The summed E-state index contributed by atoms with van der Waals surface area (Å²) in [6, 6.07) is 7.58. The van der Waals surface area contributed by atoms with Crippen molar-refractivity contribution in [3.8, 4) is 0 Å². The van der Waals surface area contributed by atoms with Crippen LogP contribution in [0.2, 0.25) is 0 Å². The van der Waals surface area contributed by atoms with Gasteiger partial charge in [-0.2, -0.15) is 0 Å². The number of fused-ring (bicyclic) bond motifs is 5. The van der Waals surface area contributed by atoms with Crippen LogP contribution in [0.4, 0.5) is 0 Å². The van der Waals surface area contributed by atoms with Crippen molar-refractivity contribution in [2.75, 3.05) is 39.0 Å². The van der Waals surface area contributed by atoms with E-state index in [0.717, 1.165) is 0 Å². The SMILES string of the molecule is COCC(=O)OC1C(=O)[C@]2(C)C(OCSC)CC3OCC3(OC(C)=O)C2[C@H](C)C2(O)CC(OC(=O)C(O)C(NCB=O)c3ccccc3)C(C)=C1C2(C)C. The number of methoxy groups -OCH3 is 1. The Balaban J connectivity index is 1.69. The third-order valence-electron chi connectivity index (χ3n) is 12.4. The molecular formula is C38H52BNO13S. The standard InChI is InChI=1S/C38H52BNO13S/c1-20-24(51-34(45)30(43)29(40-18-39-47)23-12-10-9-11-13-23)15-38(46)21(2)32-36(6,33(44)31(28(20)35(38,4)5)52-27(42)16-48-7)25(50-19-54-8)14-26-37(32,17-49-26)53-22(3)41/h9-13,21,24-26,29-32,40,43,46H,14-19H2,1-8H3/t21-,24?,25?,26?,29?,30?,31?,32?,36+,37?,38?/m0/s1. The second kappa shape index (κ2) is 16.2. The monoisotopic (exact) mass is 773 g/mol. The van der Waals surface area contributed by atoms with Gasteiger partial charge in [-0.25, -0.2) is 4.79 Å². The minimum absolute atomic E-state index is 0.0456. The molecule has 16 heteroatoms. The van der Waals surface area contributed by atoms with Crippen LogP contribution in [-0.4, -0.2) is 122 Å². The van der Waals surface area contributed by atoms with Gasteiger partial charge in [-0.05, 0) is 13.2 Å². The molecule has 4 aliphatic rings. The van der Waals surface area contributed by atoms with Gasteiger partial charge in [0.2, 0.25) is 0 Å². The third kappa shape index (κ3) is 7.00. The number of carbonyl (C=O) groups excluding carboxylic acids is 4. The molecule has 3 aliphatic carbocycles. The maximum atomic E-state index is 15.6. The Morgan fingerprint density at radius 1 is 1.15 bits per heavy atom. The quantitative estimate of drug-likeness (QED) is 0.0820. The molecule has 1 heterocycles. The van der Waals surface area contributed by atoms with Crippen molar-refractivity contribution in [3.05, 3.63) is 47.0 Å². The first-order valence-corrected chi connectivity index (χ1v) is 19.5. The molecular weight excluding hydrogens is 721 g/mol. The summed E-state index contributed by atoms with van der Waals surface area (Å²) in [6.07, 6.45) is -4.38. The third-order valence-corrected chi connectivity index (χ3v) is 12.8. The summed E-state index contributed by atoms with van der Waals surface area (Å²) < 4.78 is 47.0. The molecule has 1 aliphatic heterocycles. The first-order chi connectivity index (χ1) is 25.5. The topological polar surface area (TPSA) is 193 Å². The molecule has 1 saturated heterocycles.